The van der Waals surface area contributed by atoms with E-state index in [0.717, 1.165) is 77.4 Å². The topological polar surface area (TPSA) is 62.2 Å². The number of aliphatic imine (C=N–C) groups is 3. The largest absolute Gasteiger partial charge is 0.456 e. The summed E-state index contributed by atoms with van der Waals surface area (Å²) >= 11 is 0. The molecule has 0 amide bonds. The lowest BCUT2D eigenvalue weighted by molar-refractivity contribution is 0.576. The molecule has 5 nitrogen and oxygen atoms in total. The van der Waals surface area contributed by atoms with E-state index >= 15 is 0 Å². The number of anilines is 1. The maximum Gasteiger partial charge on any atom is 0.161 e. The van der Waals surface area contributed by atoms with Gasteiger partial charge in [0.25, 0.3) is 0 Å². The summed E-state index contributed by atoms with van der Waals surface area (Å²) in [5.74, 6) is 1.10. The Morgan fingerprint density at radius 3 is 2.09 bits per heavy atom. The van der Waals surface area contributed by atoms with Crippen LogP contribution in [-0.4, -0.2) is 18.4 Å². The third kappa shape index (κ3) is 7.55. The van der Waals surface area contributed by atoms with Crippen molar-refractivity contribution < 1.29 is 4.42 Å². The van der Waals surface area contributed by atoms with Crippen LogP contribution in [-0.2, 0) is 6.54 Å². The van der Waals surface area contributed by atoms with Gasteiger partial charge in [-0.25, -0.2) is 9.98 Å². The number of nitrogens with one attached hydrogen (secondary N) is 1. The molecule has 2 heterocycles. The van der Waals surface area contributed by atoms with Gasteiger partial charge in [-0.3, -0.25) is 4.99 Å². The molecule has 0 unspecified atom stereocenters. The molecule has 0 radical (unpaired) electrons. The number of benzene rings is 7. The highest BCUT2D eigenvalue weighted by molar-refractivity contribution is 6.13. The molecule has 57 heavy (non-hydrogen) atoms. The zero-order chi connectivity index (χ0) is 38.4. The van der Waals surface area contributed by atoms with Crippen LogP contribution < -0.4 is 16.0 Å². The Balaban J connectivity index is 1.13. The summed E-state index contributed by atoms with van der Waals surface area (Å²) in [5.41, 5.74) is 13.2. The molecule has 9 rings (SSSR count). The Kier molecular flexibility index (Phi) is 9.85. The molecule has 0 bridgehead atoms. The second-order valence-corrected chi connectivity index (χ2v) is 13.8. The molecular formula is C52H38N4O. The fourth-order valence-corrected chi connectivity index (χ4v) is 7.26. The molecule has 0 fully saturated rings. The third-order valence-corrected chi connectivity index (χ3v) is 10.1. The minimum absolute atomic E-state index is 0.498. The highest BCUT2D eigenvalue weighted by Crippen LogP contribution is 2.34. The minimum atomic E-state index is 0.498. The van der Waals surface area contributed by atoms with Crippen molar-refractivity contribution in [3.05, 3.63) is 221 Å². The van der Waals surface area contributed by atoms with Gasteiger partial charge in [0.2, 0.25) is 0 Å². The van der Waals surface area contributed by atoms with Gasteiger partial charge in [-0.15, -0.1) is 0 Å². The molecule has 5 heteroatoms. The first-order valence-electron chi connectivity index (χ1n) is 19.0. The van der Waals surface area contributed by atoms with E-state index in [4.69, 9.17) is 14.4 Å². The minimum Gasteiger partial charge on any atom is -0.456 e. The summed E-state index contributed by atoms with van der Waals surface area (Å²) in [7, 11) is 0. The van der Waals surface area contributed by atoms with Gasteiger partial charge >= 0.3 is 0 Å². The van der Waals surface area contributed by atoms with Crippen molar-refractivity contribution in [3.63, 3.8) is 0 Å². The van der Waals surface area contributed by atoms with Crippen molar-refractivity contribution in [2.24, 2.45) is 15.0 Å². The molecule has 0 atom stereocenters. The number of para-hydroxylation sites is 1. The van der Waals surface area contributed by atoms with Crippen LogP contribution in [0.5, 0.6) is 0 Å². The van der Waals surface area contributed by atoms with Crippen LogP contribution in [0.15, 0.2) is 208 Å². The number of amidine groups is 2. The molecule has 0 spiro atoms. The van der Waals surface area contributed by atoms with Gasteiger partial charge in [-0.1, -0.05) is 146 Å². The van der Waals surface area contributed by atoms with Crippen molar-refractivity contribution in [2.45, 2.75) is 6.54 Å². The number of rotatable bonds is 6. The average Bonchev–Trinajstić information content (AvgIpc) is 3.61. The van der Waals surface area contributed by atoms with Gasteiger partial charge in [0.15, 0.2) is 11.7 Å². The van der Waals surface area contributed by atoms with Gasteiger partial charge in [-0.2, -0.15) is 0 Å². The lowest BCUT2D eigenvalue weighted by Crippen LogP contribution is -2.19. The van der Waals surface area contributed by atoms with E-state index in [1.807, 2.05) is 85.1 Å². The lowest BCUT2D eigenvalue weighted by atomic mass is 9.93. The second-order valence-electron chi connectivity index (χ2n) is 13.8. The third-order valence-electron chi connectivity index (χ3n) is 10.1. The average molecular weight is 735 g/mol. The van der Waals surface area contributed by atoms with Crippen LogP contribution in [0.2, 0.25) is 0 Å². The fraction of sp³-hybridized carbons (Fsp3) is 0.0192. The predicted octanol–water partition coefficient (Wildman–Crippen LogP) is 11.1. The maximum atomic E-state index is 6.66. The van der Waals surface area contributed by atoms with E-state index in [-0.39, 0.29) is 0 Å². The van der Waals surface area contributed by atoms with E-state index in [0.29, 0.717) is 18.2 Å². The zero-order valence-electron chi connectivity index (χ0n) is 31.2. The standard InChI is InChI=1S/C52H38N4O/c1-53-51(56-52(38-19-9-4-10-20-38)55-35-36-15-5-2-6-16-36)42-22-13-21-39(31-42)41-27-29-46-47-33-43-32-40(37-17-7-3-8-18-37)26-28-44(43)45-23-11-12-24-48(45)54-30-14-25-49(47)57-50(46)34-41/h2-34,54H,1,35H2/b30-14+,47-33+,49-25+,55-52?,56-51?. The number of hydrogen-bond donors (Lipinski definition) is 1. The first-order valence-corrected chi connectivity index (χ1v) is 19.0. The zero-order valence-corrected chi connectivity index (χ0v) is 31.2. The van der Waals surface area contributed by atoms with Crippen LogP contribution in [0.3, 0.4) is 0 Å². The van der Waals surface area contributed by atoms with E-state index in [9.17, 15) is 0 Å². The van der Waals surface area contributed by atoms with Gasteiger partial charge < -0.3 is 9.73 Å². The van der Waals surface area contributed by atoms with Crippen molar-refractivity contribution in [3.8, 4) is 33.4 Å². The molecule has 1 aliphatic heterocycles. The summed E-state index contributed by atoms with van der Waals surface area (Å²) < 4.78 is 6.66. The van der Waals surface area contributed by atoms with Gasteiger partial charge in [0.05, 0.1) is 6.54 Å². The van der Waals surface area contributed by atoms with E-state index in [1.54, 1.807) is 0 Å². The Bertz CT molecular complexity index is 2960. The van der Waals surface area contributed by atoms with Crippen LogP contribution in [0.25, 0.3) is 56.5 Å². The van der Waals surface area contributed by atoms with E-state index in [1.165, 1.54) is 5.56 Å². The van der Waals surface area contributed by atoms with Crippen LogP contribution in [0.1, 0.15) is 22.3 Å². The Morgan fingerprint density at radius 2 is 1.26 bits per heavy atom. The summed E-state index contributed by atoms with van der Waals surface area (Å²) in [6, 6.07) is 60.4. The van der Waals surface area contributed by atoms with Crippen LogP contribution in [0, 0.1) is 0 Å². The number of hydrogen-bond acceptors (Lipinski definition) is 3. The fourth-order valence-electron chi connectivity index (χ4n) is 7.26. The first-order chi connectivity index (χ1) is 28.2. The summed E-state index contributed by atoms with van der Waals surface area (Å²) in [6.07, 6.45) is 8.24. The van der Waals surface area contributed by atoms with Gasteiger partial charge in [0.1, 0.15) is 11.0 Å². The number of allylic oxidation sites excluding steroid dienone is 1. The van der Waals surface area contributed by atoms with Crippen molar-refractivity contribution in [2.75, 3.05) is 5.32 Å². The normalized spacial score (nSPS) is 14.3. The van der Waals surface area contributed by atoms with Gasteiger partial charge in [0, 0.05) is 39.2 Å². The predicted molar refractivity (Wildman–Crippen MR) is 238 cm³/mol. The molecule has 0 saturated carbocycles. The number of fused-ring (bicyclic) bond motifs is 6. The smallest absolute Gasteiger partial charge is 0.161 e. The molecule has 1 N–H and O–H groups in total. The summed E-state index contributed by atoms with van der Waals surface area (Å²) in [5, 5.41) is 5.55. The number of furan rings is 1. The first kappa shape index (κ1) is 35.1. The molecule has 0 saturated heterocycles. The van der Waals surface area contributed by atoms with Crippen molar-refractivity contribution in [1.29, 1.82) is 0 Å². The number of nitrogens with zero attached hydrogens (tertiary/aromatic N) is 3. The highest BCUT2D eigenvalue weighted by atomic mass is 16.3. The molecule has 8 aromatic rings. The van der Waals surface area contributed by atoms with Crippen LogP contribution in [0.4, 0.5) is 5.69 Å². The molecular weight excluding hydrogens is 697 g/mol. The molecule has 272 valence electrons. The molecule has 0 aliphatic carbocycles. The highest BCUT2D eigenvalue weighted by Gasteiger charge is 2.14. The second kappa shape index (κ2) is 16.0. The van der Waals surface area contributed by atoms with E-state index in [2.05, 4.69) is 132 Å². The Morgan fingerprint density at radius 1 is 0.579 bits per heavy atom. The molecule has 1 aromatic heterocycles. The Labute approximate surface area is 331 Å². The molecule has 7 aromatic carbocycles. The SMILES string of the molecule is C=NC(=NC(=NCc1ccccc1)c1ccccc1)c1cccc(-c2ccc3c4/c(oc3c2)=C\C=C\Nc2ccccc2-c2ccc(-c3ccccc3)cc2/C=4)c1. The quantitative estimate of drug-likeness (QED) is 0.137. The monoisotopic (exact) mass is 734 g/mol. The Hall–Kier alpha value is -7.63. The lowest BCUT2D eigenvalue weighted by Gasteiger charge is -2.14. The maximum absolute atomic E-state index is 6.66. The van der Waals surface area contributed by atoms with Crippen molar-refractivity contribution in [1.82, 2.24) is 0 Å². The van der Waals surface area contributed by atoms with Crippen molar-refractivity contribution >= 4 is 47.2 Å². The van der Waals surface area contributed by atoms with Crippen LogP contribution >= 0.6 is 0 Å². The van der Waals surface area contributed by atoms with E-state index < -0.39 is 0 Å². The van der Waals surface area contributed by atoms with Gasteiger partial charge in [-0.05, 0) is 94.2 Å². The summed E-state index contributed by atoms with van der Waals surface area (Å²) in [6.45, 7) is 4.40. The summed E-state index contributed by atoms with van der Waals surface area (Å²) in [4.78, 5) is 14.3. The molecule has 1 aliphatic rings.